The lowest BCUT2D eigenvalue weighted by molar-refractivity contribution is 1.42. The maximum Gasteiger partial charge on any atom is 0.0491 e. The van der Waals surface area contributed by atoms with E-state index >= 15 is 0 Å². The topological polar surface area (TPSA) is 26.0 Å². The van der Waals surface area contributed by atoms with Crippen molar-refractivity contribution < 1.29 is 0 Å². The quantitative estimate of drug-likeness (QED) is 0.482. The Balaban J connectivity index is 2.87. The summed E-state index contributed by atoms with van der Waals surface area (Å²) in [7, 11) is 0. The first kappa shape index (κ1) is 9.55. The number of fused-ring (bicyclic) bond motifs is 1. The molecule has 0 aliphatic heterocycles. The molecule has 0 radical (unpaired) electrons. The maximum atomic E-state index is 5.88. The molecule has 0 saturated heterocycles. The van der Waals surface area contributed by atoms with Crippen molar-refractivity contribution in [2.24, 2.45) is 0 Å². The molecule has 0 fully saturated rings. The van der Waals surface area contributed by atoms with E-state index in [1.807, 2.05) is 6.07 Å². The number of thiophene rings is 1. The number of hydrogen-bond acceptors (Lipinski definition) is 2. The molecule has 13 heavy (non-hydrogen) atoms. The van der Waals surface area contributed by atoms with E-state index in [0.29, 0.717) is 5.88 Å². The fraction of sp³-hybridized carbons (Fsp3) is 0.111. The molecule has 68 valence electrons. The number of nitrogens with two attached hydrogens (primary N) is 1. The van der Waals surface area contributed by atoms with Crippen LogP contribution in [0.5, 0.6) is 0 Å². The van der Waals surface area contributed by atoms with E-state index in [4.69, 9.17) is 17.3 Å². The second-order valence-corrected chi connectivity index (χ2v) is 5.02. The third kappa shape index (κ3) is 1.53. The highest BCUT2D eigenvalue weighted by molar-refractivity contribution is 14.1. The van der Waals surface area contributed by atoms with Gasteiger partial charge >= 0.3 is 0 Å². The second kappa shape index (κ2) is 3.63. The van der Waals surface area contributed by atoms with Crippen molar-refractivity contribution in [1.82, 2.24) is 0 Å². The Kier molecular flexibility index (Phi) is 2.67. The molecule has 0 unspecified atom stereocenters. The highest BCUT2D eigenvalue weighted by atomic mass is 127. The van der Waals surface area contributed by atoms with Crippen LogP contribution in [-0.4, -0.2) is 0 Å². The normalized spacial score (nSPS) is 10.9. The van der Waals surface area contributed by atoms with Gasteiger partial charge in [-0.15, -0.1) is 22.9 Å². The van der Waals surface area contributed by atoms with Gasteiger partial charge in [-0.25, -0.2) is 0 Å². The van der Waals surface area contributed by atoms with Crippen LogP contribution < -0.4 is 5.73 Å². The Bertz CT molecular complexity index is 452. The van der Waals surface area contributed by atoms with Crippen LogP contribution in [0.15, 0.2) is 17.5 Å². The van der Waals surface area contributed by atoms with Gasteiger partial charge < -0.3 is 5.73 Å². The third-order valence-electron chi connectivity index (χ3n) is 1.96. The van der Waals surface area contributed by atoms with Gasteiger partial charge in [0.2, 0.25) is 0 Å². The number of hydrogen-bond donors (Lipinski definition) is 1. The van der Waals surface area contributed by atoms with Gasteiger partial charge in [-0.2, -0.15) is 0 Å². The monoisotopic (exact) mass is 323 g/mol. The molecule has 2 rings (SSSR count). The summed E-state index contributed by atoms with van der Waals surface area (Å²) < 4.78 is 2.30. The van der Waals surface area contributed by atoms with Gasteiger partial charge in [-0.3, -0.25) is 0 Å². The predicted molar refractivity (Wildman–Crippen MR) is 68.5 cm³/mol. The summed E-state index contributed by atoms with van der Waals surface area (Å²) in [5, 5.41) is 3.30. The summed E-state index contributed by atoms with van der Waals surface area (Å²) in [6, 6.07) is 4.11. The van der Waals surface area contributed by atoms with Crippen molar-refractivity contribution in [2.75, 3.05) is 5.73 Å². The zero-order valence-electron chi connectivity index (χ0n) is 6.68. The van der Waals surface area contributed by atoms with Crippen LogP contribution in [-0.2, 0) is 5.88 Å². The van der Waals surface area contributed by atoms with Crippen LogP contribution in [0.4, 0.5) is 5.69 Å². The smallest absolute Gasteiger partial charge is 0.0491 e. The summed E-state index contributed by atoms with van der Waals surface area (Å²) in [5.41, 5.74) is 7.84. The Morgan fingerprint density at radius 1 is 1.54 bits per heavy atom. The molecule has 1 aromatic carbocycles. The van der Waals surface area contributed by atoms with E-state index in [1.54, 1.807) is 11.3 Å². The first-order valence-electron chi connectivity index (χ1n) is 3.74. The van der Waals surface area contributed by atoms with Gasteiger partial charge in [0.25, 0.3) is 0 Å². The Labute approximate surface area is 99.0 Å². The Morgan fingerprint density at radius 3 is 3.00 bits per heavy atom. The lowest BCUT2D eigenvalue weighted by atomic mass is 10.1. The van der Waals surface area contributed by atoms with Crippen molar-refractivity contribution in [1.29, 1.82) is 0 Å². The Hall–Kier alpha value is -0.000000000000000111. The molecular formula is C9H7ClINS. The average molecular weight is 324 g/mol. The molecule has 0 spiro atoms. The molecule has 0 bridgehead atoms. The maximum absolute atomic E-state index is 5.88. The lowest BCUT2D eigenvalue weighted by Crippen LogP contribution is -1.93. The zero-order chi connectivity index (χ0) is 9.42. The van der Waals surface area contributed by atoms with Gasteiger partial charge in [0.15, 0.2) is 0 Å². The van der Waals surface area contributed by atoms with Crippen LogP contribution in [0, 0.1) is 3.57 Å². The molecular weight excluding hydrogens is 317 g/mol. The lowest BCUT2D eigenvalue weighted by Gasteiger charge is -2.05. The standard InChI is InChI=1S/C9H7ClINS/c10-4-6-5-1-2-13-8(5)3-7(12)9(6)11/h1-3H,4,12H2. The zero-order valence-corrected chi connectivity index (χ0v) is 10.4. The van der Waals surface area contributed by atoms with Crippen molar-refractivity contribution in [3.8, 4) is 0 Å². The summed E-state index contributed by atoms with van der Waals surface area (Å²) in [6.07, 6.45) is 0. The summed E-state index contributed by atoms with van der Waals surface area (Å²) in [6.45, 7) is 0. The minimum Gasteiger partial charge on any atom is -0.398 e. The molecule has 0 amide bonds. The SMILES string of the molecule is Nc1cc2sccc2c(CCl)c1I. The van der Waals surface area contributed by atoms with Crippen molar-refractivity contribution in [3.05, 3.63) is 26.6 Å². The van der Waals surface area contributed by atoms with E-state index in [-0.39, 0.29) is 0 Å². The molecule has 0 atom stereocenters. The van der Waals surface area contributed by atoms with Crippen LogP contribution in [0.2, 0.25) is 0 Å². The first-order chi connectivity index (χ1) is 6.24. The Morgan fingerprint density at radius 2 is 2.31 bits per heavy atom. The number of anilines is 1. The number of rotatable bonds is 1. The summed E-state index contributed by atoms with van der Waals surface area (Å²) >= 11 is 9.83. The van der Waals surface area contributed by atoms with Gasteiger partial charge in [0, 0.05) is 19.8 Å². The number of benzene rings is 1. The first-order valence-corrected chi connectivity index (χ1v) is 6.23. The predicted octanol–water partition coefficient (Wildman–Crippen LogP) is 3.83. The van der Waals surface area contributed by atoms with E-state index in [1.165, 1.54) is 10.1 Å². The highest BCUT2D eigenvalue weighted by Gasteiger charge is 2.08. The van der Waals surface area contributed by atoms with E-state index < -0.39 is 0 Å². The number of nitrogen functional groups attached to an aromatic ring is 1. The molecule has 2 aromatic rings. The number of halogens is 2. The van der Waals surface area contributed by atoms with Gasteiger partial charge in [-0.05, 0) is 51.1 Å². The summed E-state index contributed by atoms with van der Waals surface area (Å²) in [5.74, 6) is 0.524. The molecule has 2 N–H and O–H groups in total. The van der Waals surface area contributed by atoms with Gasteiger partial charge in [0.05, 0.1) is 0 Å². The molecule has 1 heterocycles. The molecule has 1 nitrogen and oxygen atoms in total. The minimum absolute atomic E-state index is 0.524. The molecule has 1 aromatic heterocycles. The fourth-order valence-electron chi connectivity index (χ4n) is 1.31. The van der Waals surface area contributed by atoms with Crippen LogP contribution in [0.25, 0.3) is 10.1 Å². The second-order valence-electron chi connectivity index (χ2n) is 2.72. The van der Waals surface area contributed by atoms with Crippen molar-refractivity contribution >= 4 is 61.3 Å². The third-order valence-corrected chi connectivity index (χ3v) is 4.36. The van der Waals surface area contributed by atoms with Crippen LogP contribution in [0.1, 0.15) is 5.56 Å². The van der Waals surface area contributed by atoms with Gasteiger partial charge in [0.1, 0.15) is 0 Å². The minimum atomic E-state index is 0.524. The molecule has 0 aliphatic rings. The summed E-state index contributed by atoms with van der Waals surface area (Å²) in [4.78, 5) is 0. The highest BCUT2D eigenvalue weighted by Crippen LogP contribution is 2.33. The van der Waals surface area contributed by atoms with Crippen LogP contribution in [0.3, 0.4) is 0 Å². The van der Waals surface area contributed by atoms with E-state index in [0.717, 1.165) is 14.8 Å². The molecule has 0 aliphatic carbocycles. The van der Waals surface area contributed by atoms with Gasteiger partial charge in [-0.1, -0.05) is 0 Å². The molecule has 0 saturated carbocycles. The average Bonchev–Trinajstić information content (AvgIpc) is 2.54. The van der Waals surface area contributed by atoms with E-state index in [2.05, 4.69) is 34.0 Å². The number of alkyl halides is 1. The van der Waals surface area contributed by atoms with Crippen molar-refractivity contribution in [2.45, 2.75) is 5.88 Å². The molecule has 4 heteroatoms. The fourth-order valence-corrected chi connectivity index (χ4v) is 3.31. The van der Waals surface area contributed by atoms with E-state index in [9.17, 15) is 0 Å². The van der Waals surface area contributed by atoms with Crippen molar-refractivity contribution in [3.63, 3.8) is 0 Å². The largest absolute Gasteiger partial charge is 0.398 e. The van der Waals surface area contributed by atoms with Crippen LogP contribution >= 0.6 is 45.5 Å².